The number of hydrogen-bond acceptors (Lipinski definition) is 4. The van der Waals surface area contributed by atoms with Gasteiger partial charge in [-0.15, -0.1) is 0 Å². The first kappa shape index (κ1) is 20.4. The van der Waals surface area contributed by atoms with Gasteiger partial charge < -0.3 is 20.0 Å². The maximum absolute atomic E-state index is 5.86. The van der Waals surface area contributed by atoms with E-state index in [4.69, 9.17) is 4.42 Å². The summed E-state index contributed by atoms with van der Waals surface area (Å²) in [5.74, 6) is 2.22. The zero-order valence-electron chi connectivity index (χ0n) is 17.4. The van der Waals surface area contributed by atoms with Gasteiger partial charge in [0.1, 0.15) is 0 Å². The molecule has 0 spiro atoms. The van der Waals surface area contributed by atoms with Crippen LogP contribution < -0.4 is 10.6 Å². The molecule has 0 aliphatic carbocycles. The lowest BCUT2D eigenvalue weighted by Gasteiger charge is -2.33. The molecule has 1 aromatic carbocycles. The fourth-order valence-corrected chi connectivity index (χ4v) is 3.60. The second kappa shape index (κ2) is 10.3. The highest BCUT2D eigenvalue weighted by atomic mass is 16.4. The first-order chi connectivity index (χ1) is 13.7. The summed E-state index contributed by atoms with van der Waals surface area (Å²) in [5.41, 5.74) is 2.27. The van der Waals surface area contributed by atoms with Crippen LogP contribution in [0.1, 0.15) is 44.1 Å². The Morgan fingerprint density at radius 2 is 2.07 bits per heavy atom. The molecule has 3 rings (SSSR count). The van der Waals surface area contributed by atoms with Crippen molar-refractivity contribution in [3.8, 4) is 11.3 Å². The number of nitrogens with zero attached hydrogens (tertiary/aromatic N) is 3. The highest BCUT2D eigenvalue weighted by Gasteiger charge is 2.17. The number of rotatable bonds is 7. The summed E-state index contributed by atoms with van der Waals surface area (Å²) < 4.78 is 5.86. The maximum Gasteiger partial charge on any atom is 0.214 e. The molecule has 28 heavy (non-hydrogen) atoms. The number of benzene rings is 1. The predicted molar refractivity (Wildman–Crippen MR) is 114 cm³/mol. The number of aromatic nitrogens is 1. The standard InChI is InChI=1S/C22H33N5O/c1-17-8-10-19(11-9-17)20-15-25-21(28-20)16-26-22(23-3)24-12-6-14-27-13-5-4-7-18(27)2/h8-11,15,18H,4-7,12-14,16H2,1-3H3,(H2,23,24,26). The van der Waals surface area contributed by atoms with E-state index >= 15 is 0 Å². The molecule has 152 valence electrons. The highest BCUT2D eigenvalue weighted by molar-refractivity contribution is 5.79. The van der Waals surface area contributed by atoms with Gasteiger partial charge in [0, 0.05) is 31.7 Å². The normalized spacial score (nSPS) is 18.2. The molecule has 0 bridgehead atoms. The maximum atomic E-state index is 5.86. The highest BCUT2D eigenvalue weighted by Crippen LogP contribution is 2.20. The van der Waals surface area contributed by atoms with Gasteiger partial charge in [0.25, 0.3) is 0 Å². The monoisotopic (exact) mass is 383 g/mol. The zero-order chi connectivity index (χ0) is 19.8. The molecule has 2 N–H and O–H groups in total. The van der Waals surface area contributed by atoms with E-state index in [1.807, 2.05) is 0 Å². The molecule has 1 aliphatic heterocycles. The van der Waals surface area contributed by atoms with Gasteiger partial charge in [-0.25, -0.2) is 4.98 Å². The summed E-state index contributed by atoms with van der Waals surface area (Å²) in [5, 5.41) is 6.66. The predicted octanol–water partition coefficient (Wildman–Crippen LogP) is 3.58. The molecule has 0 saturated carbocycles. The molecule has 6 heteroatoms. The average Bonchev–Trinajstić information content (AvgIpc) is 3.18. The van der Waals surface area contributed by atoms with Gasteiger partial charge in [-0.2, -0.15) is 0 Å². The lowest BCUT2D eigenvalue weighted by atomic mass is 10.0. The number of nitrogens with one attached hydrogen (secondary N) is 2. The lowest BCUT2D eigenvalue weighted by molar-refractivity contribution is 0.159. The first-order valence-corrected chi connectivity index (χ1v) is 10.4. The van der Waals surface area contributed by atoms with E-state index in [9.17, 15) is 0 Å². The van der Waals surface area contributed by atoms with Crippen LogP contribution in [0, 0.1) is 6.92 Å². The number of piperidine rings is 1. The molecule has 1 unspecified atom stereocenters. The van der Waals surface area contributed by atoms with Crippen LogP contribution in [-0.2, 0) is 6.54 Å². The minimum absolute atomic E-state index is 0.509. The number of aryl methyl sites for hydroxylation is 1. The smallest absolute Gasteiger partial charge is 0.214 e. The minimum atomic E-state index is 0.509. The summed E-state index contributed by atoms with van der Waals surface area (Å²) in [6.07, 6.45) is 6.93. The van der Waals surface area contributed by atoms with Crippen molar-refractivity contribution in [2.75, 3.05) is 26.7 Å². The number of aliphatic imine (C=N–C) groups is 1. The molecule has 6 nitrogen and oxygen atoms in total. The van der Waals surface area contributed by atoms with Gasteiger partial charge in [0.2, 0.25) is 5.89 Å². The molecule has 1 atom stereocenters. The Morgan fingerprint density at radius 3 is 2.82 bits per heavy atom. The van der Waals surface area contributed by atoms with E-state index in [2.05, 4.69) is 63.6 Å². The van der Waals surface area contributed by atoms with E-state index < -0.39 is 0 Å². The summed E-state index contributed by atoms with van der Waals surface area (Å²) in [7, 11) is 1.79. The van der Waals surface area contributed by atoms with Gasteiger partial charge in [0.15, 0.2) is 11.7 Å². The van der Waals surface area contributed by atoms with E-state index in [1.165, 1.54) is 31.4 Å². The Hall–Kier alpha value is -2.34. The van der Waals surface area contributed by atoms with Crippen molar-refractivity contribution in [3.63, 3.8) is 0 Å². The van der Waals surface area contributed by atoms with Crippen LogP contribution in [0.3, 0.4) is 0 Å². The van der Waals surface area contributed by atoms with Crippen LogP contribution >= 0.6 is 0 Å². The van der Waals surface area contributed by atoms with Crippen molar-refractivity contribution >= 4 is 5.96 Å². The van der Waals surface area contributed by atoms with Crippen molar-refractivity contribution < 1.29 is 4.42 Å². The van der Waals surface area contributed by atoms with Gasteiger partial charge in [0.05, 0.1) is 12.7 Å². The molecule has 1 aliphatic rings. The molecule has 2 heterocycles. The SMILES string of the molecule is CN=C(NCCCN1CCCCC1C)NCc1ncc(-c2ccc(C)cc2)o1. The van der Waals surface area contributed by atoms with E-state index in [0.717, 1.165) is 42.8 Å². The lowest BCUT2D eigenvalue weighted by Crippen LogP contribution is -2.41. The second-order valence-electron chi connectivity index (χ2n) is 7.57. The van der Waals surface area contributed by atoms with E-state index in [1.54, 1.807) is 13.2 Å². The number of oxazole rings is 1. The average molecular weight is 384 g/mol. The Morgan fingerprint density at radius 1 is 1.25 bits per heavy atom. The Kier molecular flexibility index (Phi) is 7.48. The van der Waals surface area contributed by atoms with E-state index in [-0.39, 0.29) is 0 Å². The molecule has 0 amide bonds. The summed E-state index contributed by atoms with van der Waals surface area (Å²) >= 11 is 0. The van der Waals surface area contributed by atoms with Crippen LogP contribution in [-0.4, -0.2) is 48.6 Å². The van der Waals surface area contributed by atoms with E-state index in [0.29, 0.717) is 12.4 Å². The molecule has 1 saturated heterocycles. The third-order valence-electron chi connectivity index (χ3n) is 5.38. The topological polar surface area (TPSA) is 65.7 Å². The van der Waals surface area contributed by atoms with Crippen molar-refractivity contribution in [2.24, 2.45) is 4.99 Å². The Labute approximate surface area is 168 Å². The molecular weight excluding hydrogens is 350 g/mol. The fourth-order valence-electron chi connectivity index (χ4n) is 3.60. The van der Waals surface area contributed by atoms with Crippen LogP contribution in [0.15, 0.2) is 39.9 Å². The van der Waals surface area contributed by atoms with Crippen molar-refractivity contribution in [1.29, 1.82) is 0 Å². The van der Waals surface area contributed by atoms with Crippen LogP contribution in [0.25, 0.3) is 11.3 Å². The minimum Gasteiger partial charge on any atom is -0.439 e. The van der Waals surface area contributed by atoms with Crippen LogP contribution in [0.2, 0.25) is 0 Å². The third kappa shape index (κ3) is 5.83. The summed E-state index contributed by atoms with van der Waals surface area (Å²) in [6, 6.07) is 8.98. The summed E-state index contributed by atoms with van der Waals surface area (Å²) in [4.78, 5) is 11.3. The Bertz CT molecular complexity index is 753. The van der Waals surface area contributed by atoms with Crippen molar-refractivity contribution in [1.82, 2.24) is 20.5 Å². The molecule has 1 fully saturated rings. The number of likely N-dealkylation sites (tertiary alicyclic amines) is 1. The zero-order valence-corrected chi connectivity index (χ0v) is 17.4. The largest absolute Gasteiger partial charge is 0.439 e. The third-order valence-corrected chi connectivity index (χ3v) is 5.38. The van der Waals surface area contributed by atoms with Crippen LogP contribution in [0.5, 0.6) is 0 Å². The van der Waals surface area contributed by atoms with Gasteiger partial charge in [-0.3, -0.25) is 4.99 Å². The fraction of sp³-hybridized carbons (Fsp3) is 0.545. The van der Waals surface area contributed by atoms with Gasteiger partial charge in [-0.05, 0) is 39.7 Å². The Balaban J connectivity index is 1.40. The van der Waals surface area contributed by atoms with Crippen LogP contribution in [0.4, 0.5) is 0 Å². The van der Waals surface area contributed by atoms with Gasteiger partial charge >= 0.3 is 0 Å². The van der Waals surface area contributed by atoms with Crippen molar-refractivity contribution in [3.05, 3.63) is 41.9 Å². The number of hydrogen-bond donors (Lipinski definition) is 2. The first-order valence-electron chi connectivity index (χ1n) is 10.4. The van der Waals surface area contributed by atoms with Crippen molar-refractivity contribution in [2.45, 2.75) is 52.1 Å². The second-order valence-corrected chi connectivity index (χ2v) is 7.57. The number of guanidine groups is 1. The molecule has 1 aromatic heterocycles. The summed E-state index contributed by atoms with van der Waals surface area (Å²) in [6.45, 7) is 8.21. The quantitative estimate of drug-likeness (QED) is 0.435. The molecular formula is C22H33N5O. The molecule has 0 radical (unpaired) electrons. The van der Waals surface area contributed by atoms with Gasteiger partial charge in [-0.1, -0.05) is 36.2 Å². The molecule has 2 aromatic rings.